The third-order valence-corrected chi connectivity index (χ3v) is 0.902. The molecule has 0 atom stereocenters. The summed E-state index contributed by atoms with van der Waals surface area (Å²) < 4.78 is 0. The summed E-state index contributed by atoms with van der Waals surface area (Å²) in [6.45, 7) is 15.7. The molecule has 0 aliphatic rings. The van der Waals surface area contributed by atoms with Crippen molar-refractivity contribution in [2.45, 2.75) is 48.5 Å². The van der Waals surface area contributed by atoms with E-state index in [1.807, 2.05) is 26.8 Å². The molecule has 0 saturated carbocycles. The molecular weight excluding hydrogens is 158 g/mol. The summed E-state index contributed by atoms with van der Waals surface area (Å²) in [5.41, 5.74) is 0. The lowest BCUT2D eigenvalue weighted by Gasteiger charge is -2.07. The van der Waals surface area contributed by atoms with Crippen molar-refractivity contribution in [3.8, 4) is 0 Å². The zero-order valence-electron chi connectivity index (χ0n) is 10.9. The molecule has 1 heteroatoms. The van der Waals surface area contributed by atoms with Gasteiger partial charge < -0.3 is 4.90 Å². The van der Waals surface area contributed by atoms with E-state index in [2.05, 4.69) is 45.8 Å². The van der Waals surface area contributed by atoms with Gasteiger partial charge in [0, 0.05) is 13.6 Å². The molecule has 0 aliphatic carbocycles. The van der Waals surface area contributed by atoms with Crippen molar-refractivity contribution in [1.29, 1.82) is 0 Å². The van der Waals surface area contributed by atoms with E-state index in [4.69, 9.17) is 0 Å². The smallest absolute Gasteiger partial charge is 0.0140 e. The minimum absolute atomic E-state index is 0.833. The van der Waals surface area contributed by atoms with E-state index in [1.54, 1.807) is 0 Å². The van der Waals surface area contributed by atoms with Gasteiger partial charge in [-0.25, -0.2) is 0 Å². The van der Waals surface area contributed by atoms with Gasteiger partial charge in [-0.1, -0.05) is 40.7 Å². The zero-order valence-corrected chi connectivity index (χ0v) is 10.9. The van der Waals surface area contributed by atoms with Crippen molar-refractivity contribution in [3.63, 3.8) is 0 Å². The quantitative estimate of drug-likeness (QED) is 0.627. The molecule has 0 saturated heterocycles. The monoisotopic (exact) mass is 187 g/mol. The minimum atomic E-state index is 0.833. The van der Waals surface area contributed by atoms with Gasteiger partial charge in [0.1, 0.15) is 0 Å². The van der Waals surface area contributed by atoms with Crippen molar-refractivity contribution in [1.82, 2.24) is 4.90 Å². The predicted molar refractivity (Wildman–Crippen MR) is 65.0 cm³/mol. The van der Waals surface area contributed by atoms with Crippen molar-refractivity contribution >= 4 is 0 Å². The Bertz CT molecular complexity index is 82.4. The van der Waals surface area contributed by atoms with Crippen LogP contribution in [-0.2, 0) is 0 Å². The number of nitrogens with zero attached hydrogens (tertiary/aromatic N) is 1. The van der Waals surface area contributed by atoms with Crippen LogP contribution in [0.3, 0.4) is 0 Å². The van der Waals surface area contributed by atoms with Crippen LogP contribution < -0.4 is 0 Å². The van der Waals surface area contributed by atoms with E-state index in [1.165, 1.54) is 0 Å². The van der Waals surface area contributed by atoms with E-state index in [9.17, 15) is 0 Å². The van der Waals surface area contributed by atoms with E-state index < -0.39 is 0 Å². The summed E-state index contributed by atoms with van der Waals surface area (Å²) in [5, 5.41) is 0. The fourth-order valence-corrected chi connectivity index (χ4v) is 0.360. The minimum Gasteiger partial charge on any atom is -0.381 e. The van der Waals surface area contributed by atoms with Crippen molar-refractivity contribution < 1.29 is 0 Å². The first-order valence-corrected chi connectivity index (χ1v) is 5.37. The van der Waals surface area contributed by atoms with Crippen LogP contribution in [0.15, 0.2) is 12.3 Å². The molecule has 0 unspecified atom stereocenters. The molecule has 0 aromatic rings. The van der Waals surface area contributed by atoms with Crippen molar-refractivity contribution in [2.24, 2.45) is 5.92 Å². The second-order valence-corrected chi connectivity index (χ2v) is 3.29. The summed E-state index contributed by atoms with van der Waals surface area (Å²) in [5.74, 6) is 0.833. The third kappa shape index (κ3) is 51.0. The van der Waals surface area contributed by atoms with Gasteiger partial charge in [-0.15, -0.1) is 0 Å². The number of rotatable bonds is 2. The molecule has 0 bridgehead atoms. The Kier molecular flexibility index (Phi) is 24.8. The standard InChI is InChI=1S/C6H13N.C4H10.C2H6/c1-4-6-7(3)5-2;1-4(2)3;1-2/h4,6H,5H2,1-3H3;4H,1-3H3;1-2H3/b6-4-;;. The Morgan fingerprint density at radius 1 is 1.15 bits per heavy atom. The molecule has 0 aromatic carbocycles. The lowest BCUT2D eigenvalue weighted by molar-refractivity contribution is 0.483. The summed E-state index contributed by atoms with van der Waals surface area (Å²) >= 11 is 0. The van der Waals surface area contributed by atoms with E-state index in [-0.39, 0.29) is 0 Å². The fourth-order valence-electron chi connectivity index (χ4n) is 0.360. The highest BCUT2D eigenvalue weighted by molar-refractivity contribution is 4.74. The molecule has 0 aliphatic heterocycles. The number of allylic oxidation sites excluding steroid dienone is 1. The van der Waals surface area contributed by atoms with E-state index in [0.717, 1.165) is 12.5 Å². The second-order valence-electron chi connectivity index (χ2n) is 3.29. The Balaban J connectivity index is -0.000000142. The van der Waals surface area contributed by atoms with Crippen molar-refractivity contribution in [2.75, 3.05) is 13.6 Å². The average molecular weight is 187 g/mol. The van der Waals surface area contributed by atoms with Crippen LogP contribution >= 0.6 is 0 Å². The maximum Gasteiger partial charge on any atom is 0.0140 e. The fraction of sp³-hybridized carbons (Fsp3) is 0.833. The topological polar surface area (TPSA) is 3.24 Å². The molecular formula is C12H29N. The molecule has 0 N–H and O–H groups in total. The van der Waals surface area contributed by atoms with Gasteiger partial charge in [-0.05, 0) is 26.0 Å². The van der Waals surface area contributed by atoms with Crippen molar-refractivity contribution in [3.05, 3.63) is 12.3 Å². The molecule has 0 amide bonds. The lowest BCUT2D eigenvalue weighted by Crippen LogP contribution is -2.07. The first-order valence-electron chi connectivity index (χ1n) is 5.37. The van der Waals surface area contributed by atoms with Gasteiger partial charge in [0.25, 0.3) is 0 Å². The molecule has 13 heavy (non-hydrogen) atoms. The number of hydrogen-bond acceptors (Lipinski definition) is 1. The largest absolute Gasteiger partial charge is 0.381 e. The normalized spacial score (nSPS) is 8.69. The zero-order chi connectivity index (χ0) is 11.3. The Hall–Kier alpha value is -0.460. The highest BCUT2D eigenvalue weighted by Crippen LogP contribution is 1.81. The SMILES string of the molecule is C/C=C\N(C)CC.CC.CC(C)C. The molecule has 0 spiro atoms. The van der Waals surface area contributed by atoms with Crippen LogP contribution in [0.5, 0.6) is 0 Å². The Labute approximate surface area is 85.8 Å². The molecule has 82 valence electrons. The summed E-state index contributed by atoms with van der Waals surface area (Å²) in [6, 6.07) is 0. The van der Waals surface area contributed by atoms with Crippen LogP contribution in [0.2, 0.25) is 0 Å². The molecule has 0 radical (unpaired) electrons. The Morgan fingerprint density at radius 2 is 1.46 bits per heavy atom. The summed E-state index contributed by atoms with van der Waals surface area (Å²) in [4.78, 5) is 2.12. The molecule has 0 rings (SSSR count). The second kappa shape index (κ2) is 17.6. The summed E-state index contributed by atoms with van der Waals surface area (Å²) in [6.07, 6.45) is 4.09. The van der Waals surface area contributed by atoms with Gasteiger partial charge in [-0.2, -0.15) is 0 Å². The Morgan fingerprint density at radius 3 is 1.54 bits per heavy atom. The molecule has 0 aromatic heterocycles. The molecule has 1 nitrogen and oxygen atoms in total. The lowest BCUT2D eigenvalue weighted by atomic mass is 10.3. The predicted octanol–water partition coefficient (Wildman–Crippen LogP) is 4.16. The highest BCUT2D eigenvalue weighted by atomic mass is 15.1. The first kappa shape index (κ1) is 18.3. The van der Waals surface area contributed by atoms with Crippen LogP contribution in [0, 0.1) is 5.92 Å². The molecule has 0 heterocycles. The van der Waals surface area contributed by atoms with Crippen LogP contribution in [-0.4, -0.2) is 18.5 Å². The van der Waals surface area contributed by atoms with E-state index in [0.29, 0.717) is 0 Å². The van der Waals surface area contributed by atoms with E-state index >= 15 is 0 Å². The first-order chi connectivity index (χ1) is 6.04. The third-order valence-electron chi connectivity index (χ3n) is 0.902. The van der Waals surface area contributed by atoms with Gasteiger partial charge in [0.2, 0.25) is 0 Å². The van der Waals surface area contributed by atoms with Crippen LogP contribution in [0.1, 0.15) is 48.5 Å². The van der Waals surface area contributed by atoms with Gasteiger partial charge in [0.15, 0.2) is 0 Å². The van der Waals surface area contributed by atoms with Crippen LogP contribution in [0.4, 0.5) is 0 Å². The maximum absolute atomic E-state index is 2.17. The highest BCUT2D eigenvalue weighted by Gasteiger charge is 1.76. The number of hydrogen-bond donors (Lipinski definition) is 0. The van der Waals surface area contributed by atoms with Gasteiger partial charge in [-0.3, -0.25) is 0 Å². The average Bonchev–Trinajstić information content (AvgIpc) is 2.07. The maximum atomic E-state index is 2.17. The molecule has 0 fully saturated rings. The summed E-state index contributed by atoms with van der Waals surface area (Å²) in [7, 11) is 2.06. The van der Waals surface area contributed by atoms with Gasteiger partial charge in [0.05, 0.1) is 0 Å². The van der Waals surface area contributed by atoms with Crippen LogP contribution in [0.25, 0.3) is 0 Å². The van der Waals surface area contributed by atoms with Gasteiger partial charge >= 0.3 is 0 Å².